The van der Waals surface area contributed by atoms with Crippen LogP contribution < -0.4 is 0 Å². The van der Waals surface area contributed by atoms with Crippen molar-refractivity contribution in [3.8, 4) is 0 Å². The number of hydrogen-bond acceptors (Lipinski definition) is 0. The van der Waals surface area contributed by atoms with E-state index in [2.05, 4.69) is 146 Å². The molecule has 0 atom stereocenters. The van der Waals surface area contributed by atoms with Gasteiger partial charge in [0.05, 0.1) is 0 Å². The molecule has 4 aliphatic rings. The lowest BCUT2D eigenvalue weighted by Gasteiger charge is -2.28. The molecule has 0 unspecified atom stereocenters. The van der Waals surface area contributed by atoms with Gasteiger partial charge in [-0.25, -0.2) is 0 Å². The number of hydrogen-bond donors (Lipinski definition) is 0. The Hall–Kier alpha value is -2.08. The summed E-state index contributed by atoms with van der Waals surface area (Å²) in [5, 5.41) is 0. The van der Waals surface area contributed by atoms with E-state index in [-0.39, 0.29) is 0 Å². The van der Waals surface area contributed by atoms with Crippen molar-refractivity contribution < 1.29 is 0 Å². The van der Waals surface area contributed by atoms with Crippen molar-refractivity contribution in [1.82, 2.24) is 0 Å². The molecule has 4 aliphatic carbocycles. The summed E-state index contributed by atoms with van der Waals surface area (Å²) >= 11 is 0. The molecule has 386 valence electrons. The molecule has 0 aromatic heterocycles. The van der Waals surface area contributed by atoms with Gasteiger partial charge in [-0.1, -0.05) is 208 Å². The van der Waals surface area contributed by atoms with Crippen LogP contribution in [0.4, 0.5) is 0 Å². The fourth-order valence-corrected chi connectivity index (χ4v) is 11.4. The van der Waals surface area contributed by atoms with E-state index < -0.39 is 0 Å². The summed E-state index contributed by atoms with van der Waals surface area (Å²) in [6.07, 6.45) is 84.6. The van der Waals surface area contributed by atoms with Crippen LogP contribution in [0.25, 0.3) is 0 Å². The molecule has 0 heteroatoms. The molecular weight excluding hydrogens is 805 g/mol. The average Bonchev–Trinajstić information content (AvgIpc) is 3.36. The SMILES string of the molecule is C/C=C/CCC1CCC(/C=C/CC)CC1.C/C=C/CCC1CCC(CC/C=C/CCC)CC1.C/C=C/CCC1CCC(CC/C=C/CCCC)CC1.C=CCCC1CCC(CC/C=C/C)CC1. The van der Waals surface area contributed by atoms with Crippen LogP contribution in [0.2, 0.25) is 0 Å². The van der Waals surface area contributed by atoms with Gasteiger partial charge in [0.25, 0.3) is 0 Å². The molecule has 0 radical (unpaired) electrons. The zero-order chi connectivity index (χ0) is 48.7. The van der Waals surface area contributed by atoms with Crippen LogP contribution in [0.15, 0.2) is 97.7 Å². The molecule has 4 fully saturated rings. The smallest absolute Gasteiger partial charge is 0.0233 e. The number of unbranched alkanes of at least 4 members (excludes halogenated alkanes) is 3. The second kappa shape index (κ2) is 47.6. The van der Waals surface area contributed by atoms with Crippen molar-refractivity contribution in [1.29, 1.82) is 0 Å². The Kier molecular flexibility index (Phi) is 44.7. The highest BCUT2D eigenvalue weighted by Gasteiger charge is 2.22. The maximum absolute atomic E-state index is 3.80. The highest BCUT2D eigenvalue weighted by atomic mass is 14.3. The fraction of sp³-hybridized carbons (Fsp3) is 0.761. The van der Waals surface area contributed by atoms with E-state index in [4.69, 9.17) is 0 Å². The molecule has 0 bridgehead atoms. The molecule has 0 aromatic rings. The van der Waals surface area contributed by atoms with Crippen molar-refractivity contribution in [3.63, 3.8) is 0 Å². The Balaban J connectivity index is 0.000000449. The average molecular weight is 924 g/mol. The second-order valence-corrected chi connectivity index (χ2v) is 21.8. The summed E-state index contributed by atoms with van der Waals surface area (Å²) in [7, 11) is 0. The van der Waals surface area contributed by atoms with Gasteiger partial charge >= 0.3 is 0 Å². The van der Waals surface area contributed by atoms with Crippen LogP contribution >= 0.6 is 0 Å². The lowest BCUT2D eigenvalue weighted by Crippen LogP contribution is -2.14. The van der Waals surface area contributed by atoms with Gasteiger partial charge in [0, 0.05) is 0 Å². The van der Waals surface area contributed by atoms with Crippen LogP contribution in [0, 0.1) is 47.3 Å². The van der Waals surface area contributed by atoms with Gasteiger partial charge in [-0.3, -0.25) is 0 Å². The van der Waals surface area contributed by atoms with Crippen molar-refractivity contribution in [2.45, 2.75) is 280 Å². The lowest BCUT2D eigenvalue weighted by molar-refractivity contribution is 0.255. The monoisotopic (exact) mass is 923 g/mol. The van der Waals surface area contributed by atoms with Gasteiger partial charge in [0.15, 0.2) is 0 Å². The zero-order valence-electron chi connectivity index (χ0n) is 46.4. The Bertz CT molecular complexity index is 1230. The Morgan fingerprint density at radius 2 is 0.597 bits per heavy atom. The first kappa shape index (κ1) is 62.9. The molecule has 0 aliphatic heterocycles. The van der Waals surface area contributed by atoms with Crippen LogP contribution in [0.5, 0.6) is 0 Å². The van der Waals surface area contributed by atoms with Crippen molar-refractivity contribution >= 4 is 0 Å². The van der Waals surface area contributed by atoms with E-state index in [0.29, 0.717) is 0 Å². The minimum Gasteiger partial charge on any atom is -0.103 e. The lowest BCUT2D eigenvalue weighted by atomic mass is 9.78. The normalized spacial score (nSPS) is 26.0. The number of rotatable bonds is 28. The summed E-state index contributed by atoms with van der Waals surface area (Å²) < 4.78 is 0. The summed E-state index contributed by atoms with van der Waals surface area (Å²) in [4.78, 5) is 0. The molecule has 4 saturated carbocycles. The summed E-state index contributed by atoms with van der Waals surface area (Å²) in [5.41, 5.74) is 0. The molecule has 4 rings (SSSR count). The third kappa shape index (κ3) is 37.4. The quantitative estimate of drug-likeness (QED) is 0.0542. The molecule has 0 saturated heterocycles. The van der Waals surface area contributed by atoms with E-state index in [1.165, 1.54) is 231 Å². The van der Waals surface area contributed by atoms with E-state index >= 15 is 0 Å². The first-order chi connectivity index (χ1) is 33.0. The fourth-order valence-electron chi connectivity index (χ4n) is 11.4. The van der Waals surface area contributed by atoms with Gasteiger partial charge in [-0.15, -0.1) is 6.58 Å². The molecule has 67 heavy (non-hydrogen) atoms. The van der Waals surface area contributed by atoms with Crippen molar-refractivity contribution in [2.75, 3.05) is 0 Å². The number of allylic oxidation sites excluding steroid dienone is 15. The highest BCUT2D eigenvalue weighted by molar-refractivity contribution is 4.91. The summed E-state index contributed by atoms with van der Waals surface area (Å²) in [5.74, 6) is 8.00. The van der Waals surface area contributed by atoms with Gasteiger partial charge < -0.3 is 0 Å². The Labute approximate surface area is 422 Å². The van der Waals surface area contributed by atoms with Gasteiger partial charge in [0.2, 0.25) is 0 Å². The molecule has 0 amide bonds. The van der Waals surface area contributed by atoms with E-state index in [1.807, 2.05) is 0 Å². The van der Waals surface area contributed by atoms with Crippen LogP contribution in [0.1, 0.15) is 280 Å². The molecule has 0 aromatic carbocycles. The maximum atomic E-state index is 3.80. The standard InChI is InChI=1S/C19H34.C18H32.2C15H26/c1-3-5-7-8-9-11-13-19-16-14-18(15-17-19)12-10-6-4-2;1-3-5-7-8-10-12-18-15-13-17(14-16-18)11-9-6-4-2;2*1-3-5-7-9-15-12-10-14(11-13-15)8-6-4-2/h4,6,8-9,18-19H,3,5,7,10-17H2,1-2H3;4,6-8,17-18H,3,5,9-16H2,1-2H3;3,5-6,8,14-15H,4,7,9-13H2,1-2H3;3-5,14-15H,2,6-13H2,1H3/b6-4+,9-8+;6-4+,8-7+;5-3+,8-6+;5-3+. The van der Waals surface area contributed by atoms with Crippen LogP contribution in [0.3, 0.4) is 0 Å². The van der Waals surface area contributed by atoms with Gasteiger partial charge in [-0.2, -0.15) is 0 Å². The third-order valence-electron chi connectivity index (χ3n) is 16.1. The van der Waals surface area contributed by atoms with Crippen LogP contribution in [-0.2, 0) is 0 Å². The Morgan fingerprint density at radius 3 is 0.881 bits per heavy atom. The summed E-state index contributed by atoms with van der Waals surface area (Å²) in [6.45, 7) is 19.0. The highest BCUT2D eigenvalue weighted by Crippen LogP contribution is 2.36. The minimum atomic E-state index is 0.892. The predicted octanol–water partition coefficient (Wildman–Crippen LogP) is 23.2. The first-order valence-electron chi connectivity index (χ1n) is 30.0. The second-order valence-electron chi connectivity index (χ2n) is 21.8. The van der Waals surface area contributed by atoms with Gasteiger partial charge in [-0.05, 0) is 210 Å². The molecule has 0 spiro atoms. The third-order valence-corrected chi connectivity index (χ3v) is 16.1. The molecule has 0 nitrogen and oxygen atoms in total. The van der Waals surface area contributed by atoms with Crippen LogP contribution in [-0.4, -0.2) is 0 Å². The minimum absolute atomic E-state index is 0.892. The molecule has 0 heterocycles. The van der Waals surface area contributed by atoms with Crippen molar-refractivity contribution in [2.24, 2.45) is 47.3 Å². The van der Waals surface area contributed by atoms with Crippen molar-refractivity contribution in [3.05, 3.63) is 97.7 Å². The summed E-state index contributed by atoms with van der Waals surface area (Å²) in [6, 6.07) is 0. The molecule has 0 N–H and O–H groups in total. The first-order valence-corrected chi connectivity index (χ1v) is 30.0. The predicted molar refractivity (Wildman–Crippen MR) is 308 cm³/mol. The topological polar surface area (TPSA) is 0 Å². The van der Waals surface area contributed by atoms with E-state index in [0.717, 1.165) is 47.3 Å². The van der Waals surface area contributed by atoms with E-state index in [9.17, 15) is 0 Å². The largest absolute Gasteiger partial charge is 0.103 e. The maximum Gasteiger partial charge on any atom is -0.0233 e. The zero-order valence-corrected chi connectivity index (χ0v) is 46.4. The Morgan fingerprint density at radius 1 is 0.313 bits per heavy atom. The van der Waals surface area contributed by atoms with Gasteiger partial charge in [0.1, 0.15) is 0 Å². The molecular formula is C67H118. The van der Waals surface area contributed by atoms with E-state index in [1.54, 1.807) is 0 Å².